The van der Waals surface area contributed by atoms with Gasteiger partial charge >= 0.3 is 0 Å². The summed E-state index contributed by atoms with van der Waals surface area (Å²) in [6.07, 6.45) is 0. The minimum absolute atomic E-state index is 0.191. The van der Waals surface area contributed by atoms with E-state index in [9.17, 15) is 4.39 Å². The first-order valence-corrected chi connectivity index (χ1v) is 18.8. The van der Waals surface area contributed by atoms with E-state index in [4.69, 9.17) is 0 Å². The summed E-state index contributed by atoms with van der Waals surface area (Å²) >= 11 is 0. The Morgan fingerprint density at radius 2 is 0.704 bits per heavy atom. The standard InChI is InChI=1S/C53H35F/c1-53(2)46-30-33(54)28-29-44(46)50-35-19-7-6-18-34(35)45(31-47(50)53)49-38-22-10-14-26-42(38)52(43-27-15-11-23-39(43)49)51-40-24-12-8-20-36(40)48(32-16-4-3-5-17-32)37-21-9-13-25-41(37)51/h3-31H,1-2H3. The second kappa shape index (κ2) is 11.5. The SMILES string of the molecule is CC1(C)c2cc(F)ccc2-c2c1cc(-c1c3ccccc3c(-c3c4ccccc4c(-c4ccccc4)c4ccccc34)c3ccccc13)c1ccccc21. The van der Waals surface area contributed by atoms with Gasteiger partial charge < -0.3 is 0 Å². The summed E-state index contributed by atoms with van der Waals surface area (Å²) < 4.78 is 14.8. The molecule has 0 nitrogen and oxygen atoms in total. The van der Waals surface area contributed by atoms with Crippen molar-refractivity contribution < 1.29 is 4.39 Å². The van der Waals surface area contributed by atoms with E-state index < -0.39 is 0 Å². The van der Waals surface area contributed by atoms with E-state index >= 15 is 0 Å². The molecule has 1 heteroatoms. The van der Waals surface area contributed by atoms with Crippen molar-refractivity contribution in [2.24, 2.45) is 0 Å². The van der Waals surface area contributed by atoms with E-state index in [0.717, 1.165) is 11.1 Å². The van der Waals surface area contributed by atoms with Crippen LogP contribution in [-0.2, 0) is 5.41 Å². The lowest BCUT2D eigenvalue weighted by Gasteiger charge is -2.25. The summed E-state index contributed by atoms with van der Waals surface area (Å²) in [5.74, 6) is -0.191. The lowest BCUT2D eigenvalue weighted by Crippen LogP contribution is -2.15. The van der Waals surface area contributed by atoms with Crippen LogP contribution in [0.15, 0.2) is 176 Å². The van der Waals surface area contributed by atoms with Gasteiger partial charge in [-0.15, -0.1) is 0 Å². The average Bonchev–Trinajstić information content (AvgIpc) is 3.44. The molecule has 0 atom stereocenters. The van der Waals surface area contributed by atoms with Crippen molar-refractivity contribution in [2.75, 3.05) is 0 Å². The molecular weight excluding hydrogens is 656 g/mol. The van der Waals surface area contributed by atoms with Crippen LogP contribution in [0.4, 0.5) is 4.39 Å². The Kier molecular flexibility index (Phi) is 6.58. The molecular formula is C53H35F. The number of benzene rings is 10. The zero-order valence-electron chi connectivity index (χ0n) is 30.1. The first-order chi connectivity index (χ1) is 26.5. The summed E-state index contributed by atoms with van der Waals surface area (Å²) in [4.78, 5) is 0. The normalized spacial score (nSPS) is 13.2. The predicted molar refractivity (Wildman–Crippen MR) is 228 cm³/mol. The Balaban J connectivity index is 1.30. The van der Waals surface area contributed by atoms with Gasteiger partial charge in [-0.2, -0.15) is 0 Å². The molecule has 0 heterocycles. The number of hydrogen-bond acceptors (Lipinski definition) is 0. The fourth-order valence-electron chi connectivity index (χ4n) is 9.76. The Morgan fingerprint density at radius 1 is 0.315 bits per heavy atom. The molecule has 0 amide bonds. The van der Waals surface area contributed by atoms with E-state index in [1.807, 2.05) is 6.07 Å². The summed E-state index contributed by atoms with van der Waals surface area (Å²) in [6.45, 7) is 4.48. The molecule has 0 bridgehead atoms. The van der Waals surface area contributed by atoms with Crippen LogP contribution >= 0.6 is 0 Å². The molecule has 0 unspecified atom stereocenters. The maximum absolute atomic E-state index is 14.8. The molecule has 11 rings (SSSR count). The summed E-state index contributed by atoms with van der Waals surface area (Å²) in [6, 6.07) is 63.2. The lowest BCUT2D eigenvalue weighted by atomic mass is 9.78. The Labute approximate surface area is 313 Å². The zero-order chi connectivity index (χ0) is 36.1. The molecule has 0 aliphatic heterocycles. The van der Waals surface area contributed by atoms with Crippen LogP contribution in [0.2, 0.25) is 0 Å². The predicted octanol–water partition coefficient (Wildman–Crippen LogP) is 14.9. The third-order valence-electron chi connectivity index (χ3n) is 12.1. The molecule has 10 aromatic carbocycles. The van der Waals surface area contributed by atoms with Crippen molar-refractivity contribution in [1.82, 2.24) is 0 Å². The highest BCUT2D eigenvalue weighted by molar-refractivity contribution is 6.31. The second-order valence-corrected chi connectivity index (χ2v) is 15.3. The second-order valence-electron chi connectivity index (χ2n) is 15.3. The highest BCUT2D eigenvalue weighted by atomic mass is 19.1. The quantitative estimate of drug-likeness (QED) is 0.162. The number of fused-ring (bicyclic) bond motifs is 9. The Morgan fingerprint density at radius 3 is 1.19 bits per heavy atom. The molecule has 0 radical (unpaired) electrons. The number of rotatable bonds is 3. The Hall–Kier alpha value is -6.57. The van der Waals surface area contributed by atoms with Gasteiger partial charge in [0.2, 0.25) is 0 Å². The van der Waals surface area contributed by atoms with Crippen molar-refractivity contribution in [1.29, 1.82) is 0 Å². The van der Waals surface area contributed by atoms with Gasteiger partial charge in [-0.05, 0) is 128 Å². The fraction of sp³-hybridized carbons (Fsp3) is 0.0566. The Bertz CT molecular complexity index is 3070. The van der Waals surface area contributed by atoms with E-state index in [1.165, 1.54) is 98.4 Å². The molecule has 254 valence electrons. The van der Waals surface area contributed by atoms with E-state index in [2.05, 4.69) is 172 Å². The van der Waals surface area contributed by atoms with Crippen LogP contribution in [0.3, 0.4) is 0 Å². The van der Waals surface area contributed by atoms with Crippen LogP contribution in [-0.4, -0.2) is 0 Å². The van der Waals surface area contributed by atoms with Crippen molar-refractivity contribution in [3.63, 3.8) is 0 Å². The molecule has 1 aliphatic carbocycles. The summed E-state index contributed by atoms with van der Waals surface area (Å²) in [5.41, 5.74) is 11.7. The van der Waals surface area contributed by atoms with Crippen LogP contribution in [0, 0.1) is 5.82 Å². The third-order valence-corrected chi connectivity index (χ3v) is 12.1. The number of hydrogen-bond donors (Lipinski definition) is 0. The minimum Gasteiger partial charge on any atom is -0.207 e. The van der Waals surface area contributed by atoms with Crippen LogP contribution in [0.5, 0.6) is 0 Å². The molecule has 0 fully saturated rings. The maximum atomic E-state index is 14.8. The van der Waals surface area contributed by atoms with Gasteiger partial charge in [0.1, 0.15) is 5.82 Å². The first kappa shape index (κ1) is 31.0. The topological polar surface area (TPSA) is 0 Å². The molecule has 0 aromatic heterocycles. The maximum Gasteiger partial charge on any atom is 0.123 e. The van der Waals surface area contributed by atoms with E-state index in [0.29, 0.717) is 0 Å². The summed E-state index contributed by atoms with van der Waals surface area (Å²) in [5, 5.41) is 12.3. The molecule has 0 saturated carbocycles. The van der Waals surface area contributed by atoms with Crippen LogP contribution < -0.4 is 0 Å². The van der Waals surface area contributed by atoms with Crippen LogP contribution in [0.25, 0.3) is 98.4 Å². The van der Waals surface area contributed by atoms with Gasteiger partial charge in [0, 0.05) is 5.41 Å². The zero-order valence-corrected chi connectivity index (χ0v) is 30.1. The molecule has 10 aromatic rings. The first-order valence-electron chi connectivity index (χ1n) is 18.8. The van der Waals surface area contributed by atoms with Crippen molar-refractivity contribution in [3.05, 3.63) is 193 Å². The van der Waals surface area contributed by atoms with Crippen molar-refractivity contribution in [3.8, 4) is 44.5 Å². The van der Waals surface area contributed by atoms with Gasteiger partial charge in [-0.3, -0.25) is 0 Å². The number of halogens is 1. The van der Waals surface area contributed by atoms with Crippen LogP contribution in [0.1, 0.15) is 25.0 Å². The van der Waals surface area contributed by atoms with E-state index in [1.54, 1.807) is 12.1 Å². The highest BCUT2D eigenvalue weighted by Gasteiger charge is 2.38. The molecule has 54 heavy (non-hydrogen) atoms. The van der Waals surface area contributed by atoms with Gasteiger partial charge in [0.25, 0.3) is 0 Å². The molecule has 0 spiro atoms. The third kappa shape index (κ3) is 4.24. The smallest absolute Gasteiger partial charge is 0.123 e. The largest absolute Gasteiger partial charge is 0.207 e. The van der Waals surface area contributed by atoms with Crippen molar-refractivity contribution in [2.45, 2.75) is 19.3 Å². The van der Waals surface area contributed by atoms with Gasteiger partial charge in [-0.1, -0.05) is 172 Å². The monoisotopic (exact) mass is 690 g/mol. The lowest BCUT2D eigenvalue weighted by molar-refractivity contribution is 0.609. The fourth-order valence-corrected chi connectivity index (χ4v) is 9.76. The summed E-state index contributed by atoms with van der Waals surface area (Å²) in [7, 11) is 0. The average molecular weight is 691 g/mol. The minimum atomic E-state index is -0.366. The van der Waals surface area contributed by atoms with Gasteiger partial charge in [0.05, 0.1) is 0 Å². The van der Waals surface area contributed by atoms with Gasteiger partial charge in [0.15, 0.2) is 0 Å². The van der Waals surface area contributed by atoms with Gasteiger partial charge in [-0.25, -0.2) is 4.39 Å². The van der Waals surface area contributed by atoms with E-state index in [-0.39, 0.29) is 11.2 Å². The molecule has 1 aliphatic rings. The molecule has 0 N–H and O–H groups in total. The molecule has 0 saturated heterocycles. The van der Waals surface area contributed by atoms with Crippen molar-refractivity contribution >= 4 is 53.9 Å². The highest BCUT2D eigenvalue weighted by Crippen LogP contribution is 2.56.